The Morgan fingerprint density at radius 3 is 2.56 bits per heavy atom. The largest absolute Gasteiger partial charge is 0.351 e. The van der Waals surface area contributed by atoms with Crippen molar-refractivity contribution in [2.75, 3.05) is 5.32 Å². The van der Waals surface area contributed by atoms with Crippen LogP contribution in [0.1, 0.15) is 33.1 Å². The van der Waals surface area contributed by atoms with Crippen LogP contribution in [0, 0.1) is 22.0 Å². The van der Waals surface area contributed by atoms with E-state index in [2.05, 4.69) is 29.1 Å². The summed E-state index contributed by atoms with van der Waals surface area (Å²) in [7, 11) is 0. The fourth-order valence-corrected chi connectivity index (χ4v) is 2.54. The van der Waals surface area contributed by atoms with Crippen LogP contribution < -0.4 is 5.32 Å². The van der Waals surface area contributed by atoms with E-state index in [-0.39, 0.29) is 5.69 Å². The molecule has 6 nitrogen and oxygen atoms in total. The molecule has 3 atom stereocenters. The quantitative estimate of drug-likeness (QED) is 0.658. The van der Waals surface area contributed by atoms with Gasteiger partial charge in [-0.3, -0.25) is 10.1 Å². The second-order valence-electron chi connectivity index (χ2n) is 5.17. The molecule has 1 aromatic rings. The third-order valence-corrected chi connectivity index (χ3v) is 3.60. The summed E-state index contributed by atoms with van der Waals surface area (Å²) < 4.78 is 0. The Balaban J connectivity index is 1.99. The SMILES string of the molecule is CC1CCC(Nc2ncc([N+](=O)[O-])cn2)C(C)C1. The van der Waals surface area contributed by atoms with Gasteiger partial charge in [0.05, 0.1) is 4.92 Å². The molecule has 1 aromatic heterocycles. The third kappa shape index (κ3) is 2.94. The predicted octanol–water partition coefficient (Wildman–Crippen LogP) is 2.62. The van der Waals surface area contributed by atoms with Crippen molar-refractivity contribution in [3.05, 3.63) is 22.5 Å². The molecule has 3 unspecified atom stereocenters. The number of aromatic nitrogens is 2. The molecule has 18 heavy (non-hydrogen) atoms. The second-order valence-corrected chi connectivity index (χ2v) is 5.17. The molecule has 98 valence electrons. The summed E-state index contributed by atoms with van der Waals surface area (Å²) in [6, 6.07) is 0.364. The fourth-order valence-electron chi connectivity index (χ4n) is 2.54. The first-order chi connectivity index (χ1) is 8.56. The summed E-state index contributed by atoms with van der Waals surface area (Å²) in [4.78, 5) is 18.0. The van der Waals surface area contributed by atoms with E-state index in [4.69, 9.17) is 0 Å². The average Bonchev–Trinajstić information content (AvgIpc) is 2.33. The van der Waals surface area contributed by atoms with Gasteiger partial charge < -0.3 is 5.32 Å². The zero-order chi connectivity index (χ0) is 13.1. The summed E-state index contributed by atoms with van der Waals surface area (Å²) >= 11 is 0. The van der Waals surface area contributed by atoms with Crippen LogP contribution in [0.25, 0.3) is 0 Å². The first-order valence-corrected chi connectivity index (χ1v) is 6.29. The average molecular weight is 250 g/mol. The second kappa shape index (κ2) is 5.29. The Morgan fingerprint density at radius 2 is 2.00 bits per heavy atom. The Hall–Kier alpha value is -1.72. The maximum atomic E-state index is 10.5. The van der Waals surface area contributed by atoms with E-state index < -0.39 is 4.92 Å². The Kier molecular flexibility index (Phi) is 3.74. The van der Waals surface area contributed by atoms with Crippen molar-refractivity contribution in [3.63, 3.8) is 0 Å². The molecule has 0 aromatic carbocycles. The maximum Gasteiger partial charge on any atom is 0.305 e. The number of nitro groups is 1. The zero-order valence-electron chi connectivity index (χ0n) is 10.7. The van der Waals surface area contributed by atoms with Gasteiger partial charge in [0.2, 0.25) is 5.95 Å². The third-order valence-electron chi connectivity index (χ3n) is 3.60. The van der Waals surface area contributed by atoms with E-state index in [0.29, 0.717) is 17.9 Å². The normalized spacial score (nSPS) is 27.8. The number of nitrogens with one attached hydrogen (secondary N) is 1. The van der Waals surface area contributed by atoms with Crippen molar-refractivity contribution in [2.24, 2.45) is 11.8 Å². The van der Waals surface area contributed by atoms with E-state index in [1.165, 1.54) is 25.2 Å². The first-order valence-electron chi connectivity index (χ1n) is 6.29. The predicted molar refractivity (Wildman–Crippen MR) is 68.3 cm³/mol. The lowest BCUT2D eigenvalue weighted by atomic mass is 9.80. The maximum absolute atomic E-state index is 10.5. The van der Waals surface area contributed by atoms with Crippen LogP contribution in [0.5, 0.6) is 0 Å². The summed E-state index contributed by atoms with van der Waals surface area (Å²) in [5.74, 6) is 1.83. The molecule has 2 rings (SSSR count). The van der Waals surface area contributed by atoms with Gasteiger partial charge in [0.25, 0.3) is 0 Å². The van der Waals surface area contributed by atoms with Gasteiger partial charge in [-0.1, -0.05) is 13.8 Å². The molecule has 0 amide bonds. The van der Waals surface area contributed by atoms with Gasteiger partial charge >= 0.3 is 5.69 Å². The Bertz CT molecular complexity index is 421. The number of anilines is 1. The molecule has 1 fully saturated rings. The van der Waals surface area contributed by atoms with Crippen LogP contribution in [-0.4, -0.2) is 20.9 Å². The Labute approximate surface area is 106 Å². The molecule has 1 N–H and O–H groups in total. The van der Waals surface area contributed by atoms with E-state index >= 15 is 0 Å². The minimum Gasteiger partial charge on any atom is -0.351 e. The molecule has 0 saturated heterocycles. The van der Waals surface area contributed by atoms with Crippen molar-refractivity contribution in [2.45, 2.75) is 39.2 Å². The minimum atomic E-state index is -0.491. The topological polar surface area (TPSA) is 81.0 Å². The minimum absolute atomic E-state index is 0.0779. The molecule has 0 radical (unpaired) electrons. The molecule has 1 saturated carbocycles. The molecular formula is C12H18N4O2. The highest BCUT2D eigenvalue weighted by atomic mass is 16.6. The van der Waals surface area contributed by atoms with Crippen molar-refractivity contribution < 1.29 is 4.92 Å². The van der Waals surface area contributed by atoms with Crippen molar-refractivity contribution in [1.82, 2.24) is 9.97 Å². The lowest BCUT2D eigenvalue weighted by Gasteiger charge is -2.33. The van der Waals surface area contributed by atoms with Gasteiger partial charge in [0.15, 0.2) is 0 Å². The lowest BCUT2D eigenvalue weighted by molar-refractivity contribution is -0.385. The van der Waals surface area contributed by atoms with Crippen LogP contribution in [0.15, 0.2) is 12.4 Å². The van der Waals surface area contributed by atoms with Gasteiger partial charge in [-0.15, -0.1) is 0 Å². The molecule has 0 spiro atoms. The number of rotatable bonds is 3. The number of nitrogens with zero attached hydrogens (tertiary/aromatic N) is 3. The van der Waals surface area contributed by atoms with Crippen molar-refractivity contribution in [3.8, 4) is 0 Å². The first kappa shape index (κ1) is 12.7. The van der Waals surface area contributed by atoms with Crippen LogP contribution in [0.3, 0.4) is 0 Å². The van der Waals surface area contributed by atoms with E-state index in [9.17, 15) is 10.1 Å². The molecule has 0 aliphatic heterocycles. The zero-order valence-corrected chi connectivity index (χ0v) is 10.7. The van der Waals surface area contributed by atoms with E-state index in [1.807, 2.05) is 0 Å². The van der Waals surface area contributed by atoms with E-state index in [1.54, 1.807) is 0 Å². The number of hydrogen-bond acceptors (Lipinski definition) is 5. The molecule has 6 heteroatoms. The number of hydrogen-bond donors (Lipinski definition) is 1. The highest BCUT2D eigenvalue weighted by Crippen LogP contribution is 2.30. The van der Waals surface area contributed by atoms with Crippen LogP contribution in [0.2, 0.25) is 0 Å². The summed E-state index contributed by atoms with van der Waals surface area (Å²) in [6.45, 7) is 4.49. The highest BCUT2D eigenvalue weighted by Gasteiger charge is 2.25. The van der Waals surface area contributed by atoms with Gasteiger partial charge in [0.1, 0.15) is 12.4 Å². The van der Waals surface area contributed by atoms with Gasteiger partial charge in [0, 0.05) is 6.04 Å². The summed E-state index contributed by atoms with van der Waals surface area (Å²) in [6.07, 6.45) is 5.99. The van der Waals surface area contributed by atoms with Crippen LogP contribution in [-0.2, 0) is 0 Å². The van der Waals surface area contributed by atoms with Gasteiger partial charge in [-0.2, -0.15) is 0 Å². The van der Waals surface area contributed by atoms with Gasteiger partial charge in [-0.25, -0.2) is 9.97 Å². The van der Waals surface area contributed by atoms with Crippen LogP contribution >= 0.6 is 0 Å². The lowest BCUT2D eigenvalue weighted by Crippen LogP contribution is -2.33. The molecule has 0 bridgehead atoms. The summed E-state index contributed by atoms with van der Waals surface area (Å²) in [5, 5.41) is 13.8. The highest BCUT2D eigenvalue weighted by molar-refractivity contribution is 5.31. The fraction of sp³-hybridized carbons (Fsp3) is 0.667. The van der Waals surface area contributed by atoms with Gasteiger partial charge in [-0.05, 0) is 31.1 Å². The molecular weight excluding hydrogens is 232 g/mol. The molecule has 1 heterocycles. The van der Waals surface area contributed by atoms with Crippen molar-refractivity contribution >= 4 is 11.6 Å². The molecule has 1 aliphatic carbocycles. The Morgan fingerprint density at radius 1 is 1.33 bits per heavy atom. The van der Waals surface area contributed by atoms with Crippen molar-refractivity contribution in [1.29, 1.82) is 0 Å². The smallest absolute Gasteiger partial charge is 0.305 e. The summed E-state index contributed by atoms with van der Waals surface area (Å²) in [5.41, 5.74) is -0.0779. The molecule has 1 aliphatic rings. The standard InChI is InChI=1S/C12H18N4O2/c1-8-3-4-11(9(2)5-8)15-12-13-6-10(7-14-12)16(17)18/h6-9,11H,3-5H2,1-2H3,(H,13,14,15). The van der Waals surface area contributed by atoms with E-state index in [0.717, 1.165) is 12.3 Å². The monoisotopic (exact) mass is 250 g/mol. The van der Waals surface area contributed by atoms with Crippen LogP contribution in [0.4, 0.5) is 11.6 Å².